The number of rotatable bonds is 5. The average molecular weight is 345 g/mol. The summed E-state index contributed by atoms with van der Waals surface area (Å²) < 4.78 is 23.6. The molecule has 0 spiro atoms. The first-order valence-corrected chi connectivity index (χ1v) is 11.2. The highest BCUT2D eigenvalue weighted by Gasteiger charge is 2.61. The summed E-state index contributed by atoms with van der Waals surface area (Å²) in [4.78, 5) is 0. The van der Waals surface area contributed by atoms with Gasteiger partial charge >= 0.3 is 0 Å². The fourth-order valence-electron chi connectivity index (χ4n) is 2.78. The van der Waals surface area contributed by atoms with Crippen LogP contribution in [-0.4, -0.2) is 49.9 Å². The molecule has 2 saturated heterocycles. The van der Waals surface area contributed by atoms with E-state index in [0.717, 1.165) is 0 Å². The lowest BCUT2D eigenvalue weighted by atomic mass is 9.91. The zero-order valence-corrected chi connectivity index (χ0v) is 16.5. The highest BCUT2D eigenvalue weighted by molar-refractivity contribution is 6.74. The van der Waals surface area contributed by atoms with Gasteiger partial charge in [0, 0.05) is 6.61 Å². The van der Waals surface area contributed by atoms with E-state index in [1.807, 2.05) is 13.8 Å². The summed E-state index contributed by atoms with van der Waals surface area (Å²) in [5.74, 6) is -0.755. The van der Waals surface area contributed by atoms with Gasteiger partial charge in [0.05, 0.1) is 6.10 Å². The molecule has 134 valence electrons. The molecule has 2 heterocycles. The largest absolute Gasteiger partial charge is 0.417 e. The second kappa shape index (κ2) is 5.93. The molecule has 0 aromatic carbocycles. The Morgan fingerprint density at radius 3 is 2.39 bits per heavy atom. The van der Waals surface area contributed by atoms with E-state index in [9.17, 15) is 5.11 Å². The molecule has 0 bridgehead atoms. The van der Waals surface area contributed by atoms with Gasteiger partial charge in [-0.1, -0.05) is 26.8 Å². The zero-order valence-electron chi connectivity index (χ0n) is 15.5. The van der Waals surface area contributed by atoms with E-state index in [2.05, 4.69) is 40.4 Å². The fourth-order valence-corrected chi connectivity index (χ4v) is 3.84. The van der Waals surface area contributed by atoms with Crippen molar-refractivity contribution in [2.75, 3.05) is 6.61 Å². The van der Waals surface area contributed by atoms with Crippen molar-refractivity contribution < 1.29 is 23.7 Å². The van der Waals surface area contributed by atoms with Gasteiger partial charge in [0.25, 0.3) is 0 Å². The molecule has 0 saturated carbocycles. The Morgan fingerprint density at radius 1 is 1.26 bits per heavy atom. The molecule has 2 fully saturated rings. The smallest absolute Gasteiger partial charge is 0.191 e. The van der Waals surface area contributed by atoms with Crippen LogP contribution in [0.15, 0.2) is 12.7 Å². The number of aliphatic hydroxyl groups is 1. The maximum Gasteiger partial charge on any atom is 0.191 e. The van der Waals surface area contributed by atoms with Crippen molar-refractivity contribution in [3.05, 3.63) is 12.7 Å². The van der Waals surface area contributed by atoms with Crippen molar-refractivity contribution in [3.8, 4) is 0 Å². The Balaban J connectivity index is 1.98. The van der Waals surface area contributed by atoms with Crippen LogP contribution in [-0.2, 0) is 18.6 Å². The van der Waals surface area contributed by atoms with Gasteiger partial charge in [-0.3, -0.25) is 0 Å². The molecule has 0 aromatic rings. The molecule has 2 aliphatic rings. The third kappa shape index (κ3) is 3.57. The fraction of sp³-hybridized carbons (Fsp3) is 0.882. The van der Waals surface area contributed by atoms with Crippen molar-refractivity contribution in [1.82, 2.24) is 0 Å². The van der Waals surface area contributed by atoms with Crippen LogP contribution in [0.1, 0.15) is 41.0 Å². The van der Waals surface area contributed by atoms with E-state index in [1.165, 1.54) is 6.08 Å². The molecule has 0 amide bonds. The molecular formula is C17H32O5Si. The topological polar surface area (TPSA) is 57.2 Å². The van der Waals surface area contributed by atoms with Gasteiger partial charge in [0.1, 0.15) is 11.7 Å². The maximum atomic E-state index is 11.0. The Morgan fingerprint density at radius 2 is 1.87 bits per heavy atom. The third-order valence-corrected chi connectivity index (χ3v) is 9.84. The Kier molecular flexibility index (Phi) is 4.92. The molecular weight excluding hydrogens is 312 g/mol. The average Bonchev–Trinajstić information content (AvgIpc) is 2.81. The van der Waals surface area contributed by atoms with Crippen LogP contribution in [0.2, 0.25) is 18.1 Å². The van der Waals surface area contributed by atoms with Crippen molar-refractivity contribution in [3.63, 3.8) is 0 Å². The summed E-state index contributed by atoms with van der Waals surface area (Å²) in [6, 6.07) is 0. The van der Waals surface area contributed by atoms with E-state index >= 15 is 0 Å². The molecule has 2 rings (SSSR count). The van der Waals surface area contributed by atoms with Crippen LogP contribution < -0.4 is 0 Å². The molecule has 0 aromatic heterocycles. The summed E-state index contributed by atoms with van der Waals surface area (Å²) in [5, 5.41) is 11.1. The minimum atomic E-state index is -1.81. The predicted octanol–water partition coefficient (Wildman–Crippen LogP) is 3.19. The van der Waals surface area contributed by atoms with Crippen molar-refractivity contribution in [2.24, 2.45) is 0 Å². The quantitative estimate of drug-likeness (QED) is 0.613. The van der Waals surface area contributed by atoms with E-state index in [0.29, 0.717) is 13.0 Å². The Labute approximate surface area is 141 Å². The Hall–Kier alpha value is -0.243. The first kappa shape index (κ1) is 19.1. The minimum absolute atomic E-state index is 0.158. The molecule has 0 radical (unpaired) electrons. The monoisotopic (exact) mass is 344 g/mol. The number of hydrogen-bond donors (Lipinski definition) is 1. The molecule has 4 atom stereocenters. The lowest BCUT2D eigenvalue weighted by Crippen LogP contribution is -2.48. The van der Waals surface area contributed by atoms with Crippen LogP contribution in [0.4, 0.5) is 0 Å². The highest BCUT2D eigenvalue weighted by atomic mass is 28.4. The predicted molar refractivity (Wildman–Crippen MR) is 91.6 cm³/mol. The van der Waals surface area contributed by atoms with E-state index < -0.39 is 38.2 Å². The molecule has 2 aliphatic heterocycles. The van der Waals surface area contributed by atoms with Crippen LogP contribution >= 0.6 is 0 Å². The van der Waals surface area contributed by atoms with Crippen LogP contribution in [0.3, 0.4) is 0 Å². The van der Waals surface area contributed by atoms with Crippen molar-refractivity contribution in [1.29, 1.82) is 0 Å². The first-order chi connectivity index (χ1) is 10.3. The summed E-state index contributed by atoms with van der Waals surface area (Å²) in [7, 11) is -1.81. The standard InChI is InChI=1S/C17H32O5Si/c1-9-17(18)12(10-11-19-23(7,8)15(2,3)4)20-14-13(17)21-16(5,6)22-14/h9,12-14,18H,1,10-11H2,2-8H3/t12-,13+,14-,17-/m1/s1. The van der Waals surface area contributed by atoms with Crippen LogP contribution in [0.25, 0.3) is 0 Å². The number of hydrogen-bond acceptors (Lipinski definition) is 5. The van der Waals surface area contributed by atoms with E-state index in [-0.39, 0.29) is 5.04 Å². The highest BCUT2D eigenvalue weighted by Crippen LogP contribution is 2.45. The minimum Gasteiger partial charge on any atom is -0.417 e. The lowest BCUT2D eigenvalue weighted by Gasteiger charge is -2.37. The second-order valence-electron chi connectivity index (χ2n) is 8.54. The maximum absolute atomic E-state index is 11.0. The molecule has 6 heteroatoms. The van der Waals surface area contributed by atoms with E-state index in [4.69, 9.17) is 18.6 Å². The number of ether oxygens (including phenoxy) is 3. The first-order valence-electron chi connectivity index (χ1n) is 8.33. The van der Waals surface area contributed by atoms with E-state index in [1.54, 1.807) is 0 Å². The second-order valence-corrected chi connectivity index (χ2v) is 13.3. The summed E-state index contributed by atoms with van der Waals surface area (Å²) in [5.41, 5.74) is -1.25. The van der Waals surface area contributed by atoms with Gasteiger partial charge in [-0.15, -0.1) is 6.58 Å². The third-order valence-electron chi connectivity index (χ3n) is 5.30. The van der Waals surface area contributed by atoms with Gasteiger partial charge in [-0.2, -0.15) is 0 Å². The molecule has 0 aliphatic carbocycles. The summed E-state index contributed by atoms with van der Waals surface area (Å²) >= 11 is 0. The van der Waals surface area contributed by atoms with Crippen LogP contribution in [0, 0.1) is 0 Å². The SMILES string of the molecule is C=C[C@@]1(O)[C@@H](CCO[Si](C)(C)C(C)(C)C)O[C@@H]2OC(C)(C)O[C@@H]21. The summed E-state index contributed by atoms with van der Waals surface area (Å²) in [6.07, 6.45) is 0.545. The lowest BCUT2D eigenvalue weighted by molar-refractivity contribution is -0.224. The molecule has 1 N–H and O–H groups in total. The normalized spacial score (nSPS) is 37.0. The molecule has 23 heavy (non-hydrogen) atoms. The van der Waals surface area contributed by atoms with Gasteiger partial charge in [0.15, 0.2) is 20.4 Å². The summed E-state index contributed by atoms with van der Waals surface area (Å²) in [6.45, 7) is 19.0. The van der Waals surface area contributed by atoms with Gasteiger partial charge < -0.3 is 23.7 Å². The number of fused-ring (bicyclic) bond motifs is 1. The molecule has 0 unspecified atom stereocenters. The van der Waals surface area contributed by atoms with Gasteiger partial charge in [-0.25, -0.2) is 0 Å². The Bertz CT molecular complexity index is 456. The zero-order chi connectivity index (χ0) is 17.7. The van der Waals surface area contributed by atoms with Crippen molar-refractivity contribution >= 4 is 8.32 Å². The van der Waals surface area contributed by atoms with Crippen LogP contribution in [0.5, 0.6) is 0 Å². The van der Waals surface area contributed by atoms with Crippen molar-refractivity contribution in [2.45, 2.75) is 89.1 Å². The van der Waals surface area contributed by atoms with Gasteiger partial charge in [-0.05, 0) is 38.4 Å². The van der Waals surface area contributed by atoms with Gasteiger partial charge in [0.2, 0.25) is 0 Å². The molecule has 5 nitrogen and oxygen atoms in total.